The molecule has 45 heavy (non-hydrogen) atoms. The van der Waals surface area contributed by atoms with E-state index in [4.69, 9.17) is 4.74 Å². The molecule has 1 atom stereocenters. The Kier molecular flexibility index (Phi) is 9.80. The van der Waals surface area contributed by atoms with Crippen LogP contribution < -0.4 is 15.4 Å². The van der Waals surface area contributed by atoms with Gasteiger partial charge >= 0.3 is 0 Å². The Hall–Kier alpha value is -3.76. The molecule has 3 amide bonds. The summed E-state index contributed by atoms with van der Waals surface area (Å²) >= 11 is 1.37. The van der Waals surface area contributed by atoms with Crippen molar-refractivity contribution in [2.75, 3.05) is 38.6 Å². The van der Waals surface area contributed by atoms with E-state index in [2.05, 4.69) is 39.6 Å². The van der Waals surface area contributed by atoms with Crippen molar-refractivity contribution in [1.29, 1.82) is 0 Å². The molecule has 3 fully saturated rings. The van der Waals surface area contributed by atoms with Gasteiger partial charge in [-0.2, -0.15) is 0 Å². The van der Waals surface area contributed by atoms with Crippen molar-refractivity contribution in [2.45, 2.75) is 70.4 Å². The summed E-state index contributed by atoms with van der Waals surface area (Å²) in [5.41, 5.74) is 3.97. The topological polar surface area (TPSA) is 104 Å². The van der Waals surface area contributed by atoms with Gasteiger partial charge in [-0.05, 0) is 86.9 Å². The number of rotatable bonds is 11. The minimum Gasteiger partial charge on any atom is -0.496 e. The van der Waals surface area contributed by atoms with E-state index in [9.17, 15) is 14.4 Å². The fraction of sp³-hybridized carbons (Fsp3) is 0.486. The lowest BCUT2D eigenvalue weighted by molar-refractivity contribution is -0.122. The SMILES string of the molecule is CCCCc1ccc(OC)c(-c2csc(NC(=O)c3ccc(C(=O)N4CCC(N5CC[C@@H](NC(=O)C6CC6)C5)CC4)cc3)n2)c1. The maximum Gasteiger partial charge on any atom is 0.257 e. The molecule has 1 aromatic heterocycles. The first-order valence-electron chi connectivity index (χ1n) is 16.3. The second-order valence-electron chi connectivity index (χ2n) is 12.5. The van der Waals surface area contributed by atoms with Crippen molar-refractivity contribution in [3.63, 3.8) is 0 Å². The van der Waals surface area contributed by atoms with Crippen molar-refractivity contribution in [1.82, 2.24) is 20.1 Å². The molecule has 2 saturated heterocycles. The van der Waals surface area contributed by atoms with E-state index >= 15 is 0 Å². The lowest BCUT2D eigenvalue weighted by Crippen LogP contribution is -2.47. The monoisotopic (exact) mass is 629 g/mol. The zero-order valence-corrected chi connectivity index (χ0v) is 27.0. The molecule has 2 aliphatic heterocycles. The Morgan fingerprint density at radius 1 is 0.978 bits per heavy atom. The predicted octanol–water partition coefficient (Wildman–Crippen LogP) is 5.62. The summed E-state index contributed by atoms with van der Waals surface area (Å²) in [5.74, 6) is 0.953. The number of ether oxygens (including phenoxy) is 1. The van der Waals surface area contributed by atoms with Gasteiger partial charge < -0.3 is 15.0 Å². The summed E-state index contributed by atoms with van der Waals surface area (Å²) in [6.07, 6.45) is 8.18. The standard InChI is InChI=1S/C35H43N5O4S/c1-3-4-5-23-6-13-31(44-2)29(20-23)30-22-45-35(37-30)38-33(42)25-9-11-26(12-10-25)34(43)39-18-15-28(16-19-39)40-17-14-27(21-40)36-32(41)24-7-8-24/h6,9-13,20,22,24,27-28H,3-5,7-8,14-19,21H2,1-2H3,(H,36,41)(H,37,38,42)/t27-/m1/s1. The summed E-state index contributed by atoms with van der Waals surface area (Å²) in [4.78, 5) is 47.5. The molecule has 9 nitrogen and oxygen atoms in total. The molecule has 2 aromatic carbocycles. The van der Waals surface area contributed by atoms with Gasteiger partial charge in [0.2, 0.25) is 5.91 Å². The Morgan fingerprint density at radius 3 is 2.44 bits per heavy atom. The molecule has 1 aliphatic carbocycles. The number of nitrogens with one attached hydrogen (secondary N) is 2. The minimum atomic E-state index is -0.267. The maximum atomic E-state index is 13.3. The van der Waals surface area contributed by atoms with Gasteiger partial charge in [0, 0.05) is 66.3 Å². The van der Waals surface area contributed by atoms with E-state index in [1.165, 1.54) is 16.9 Å². The summed E-state index contributed by atoms with van der Waals surface area (Å²) in [6.45, 7) is 5.50. The minimum absolute atomic E-state index is 0.00363. The van der Waals surface area contributed by atoms with Crippen molar-refractivity contribution < 1.29 is 19.1 Å². The average Bonchev–Trinajstić information content (AvgIpc) is 3.66. The number of amides is 3. The molecule has 0 bridgehead atoms. The van der Waals surface area contributed by atoms with Gasteiger partial charge in [-0.3, -0.25) is 24.6 Å². The number of aryl methyl sites for hydroxylation is 1. The van der Waals surface area contributed by atoms with Crippen LogP contribution in [0, 0.1) is 5.92 Å². The van der Waals surface area contributed by atoms with Crippen LogP contribution in [0.4, 0.5) is 5.13 Å². The molecule has 0 unspecified atom stereocenters. The number of thiazole rings is 1. The first-order valence-corrected chi connectivity index (χ1v) is 17.2. The quantitative estimate of drug-likeness (QED) is 0.286. The third-order valence-corrected chi connectivity index (χ3v) is 10.0. The lowest BCUT2D eigenvalue weighted by Gasteiger charge is -2.36. The second-order valence-corrected chi connectivity index (χ2v) is 13.4. The fourth-order valence-corrected chi connectivity index (χ4v) is 7.10. The van der Waals surface area contributed by atoms with Gasteiger partial charge in [0.05, 0.1) is 12.8 Å². The zero-order chi connectivity index (χ0) is 31.3. The third-order valence-electron chi connectivity index (χ3n) is 9.26. The zero-order valence-electron chi connectivity index (χ0n) is 26.2. The van der Waals surface area contributed by atoms with Gasteiger partial charge in [-0.25, -0.2) is 4.98 Å². The van der Waals surface area contributed by atoms with Crippen LogP contribution in [-0.2, 0) is 11.2 Å². The van der Waals surface area contributed by atoms with Crippen molar-refractivity contribution in [2.24, 2.45) is 5.92 Å². The number of likely N-dealkylation sites (tertiary alicyclic amines) is 2. The second kappa shape index (κ2) is 14.1. The van der Waals surface area contributed by atoms with E-state index in [0.717, 1.165) is 81.5 Å². The number of piperidine rings is 1. The molecule has 3 heterocycles. The molecule has 2 N–H and O–H groups in total. The number of carbonyl (C=O) groups excluding carboxylic acids is 3. The molecule has 0 radical (unpaired) electrons. The van der Waals surface area contributed by atoms with Crippen LogP contribution in [0.25, 0.3) is 11.3 Å². The van der Waals surface area contributed by atoms with Crippen LogP contribution in [0.15, 0.2) is 47.8 Å². The van der Waals surface area contributed by atoms with Crippen molar-refractivity contribution in [3.05, 3.63) is 64.5 Å². The van der Waals surface area contributed by atoms with Crippen molar-refractivity contribution >= 4 is 34.2 Å². The molecular formula is C35H43N5O4S. The van der Waals surface area contributed by atoms with E-state index in [0.29, 0.717) is 35.4 Å². The summed E-state index contributed by atoms with van der Waals surface area (Å²) < 4.78 is 5.58. The largest absolute Gasteiger partial charge is 0.496 e. The van der Waals surface area contributed by atoms with E-state index in [-0.39, 0.29) is 29.7 Å². The molecule has 238 valence electrons. The molecule has 6 rings (SSSR count). The Bertz CT molecular complexity index is 1510. The van der Waals surface area contributed by atoms with Crippen molar-refractivity contribution in [3.8, 4) is 17.0 Å². The van der Waals surface area contributed by atoms with Crippen LogP contribution in [0.5, 0.6) is 5.75 Å². The van der Waals surface area contributed by atoms with Crippen LogP contribution in [0.3, 0.4) is 0 Å². The number of aromatic nitrogens is 1. The van der Waals surface area contributed by atoms with Gasteiger partial charge in [-0.1, -0.05) is 19.4 Å². The molecule has 3 aromatic rings. The molecule has 3 aliphatic rings. The number of carbonyl (C=O) groups is 3. The summed E-state index contributed by atoms with van der Waals surface area (Å²) in [6, 6.07) is 13.7. The summed E-state index contributed by atoms with van der Waals surface area (Å²) in [7, 11) is 1.65. The highest BCUT2D eigenvalue weighted by Gasteiger charge is 2.35. The fourth-order valence-electron chi connectivity index (χ4n) is 6.40. The molecular weight excluding hydrogens is 586 g/mol. The normalized spacial score (nSPS) is 19.0. The van der Waals surface area contributed by atoms with Crippen LogP contribution in [-0.4, -0.2) is 77.9 Å². The summed E-state index contributed by atoms with van der Waals surface area (Å²) in [5, 5.41) is 8.56. The number of hydrogen-bond acceptors (Lipinski definition) is 7. The van der Waals surface area contributed by atoms with Gasteiger partial charge in [0.25, 0.3) is 11.8 Å². The number of nitrogens with zero attached hydrogens (tertiary/aromatic N) is 3. The van der Waals surface area contributed by atoms with Crippen LogP contribution >= 0.6 is 11.3 Å². The Balaban J connectivity index is 0.998. The Labute approximate surface area is 269 Å². The highest BCUT2D eigenvalue weighted by molar-refractivity contribution is 7.14. The first-order chi connectivity index (χ1) is 21.9. The van der Waals surface area contributed by atoms with E-state index in [1.54, 1.807) is 31.4 Å². The predicted molar refractivity (Wildman–Crippen MR) is 177 cm³/mol. The van der Waals surface area contributed by atoms with E-state index in [1.807, 2.05) is 16.3 Å². The van der Waals surface area contributed by atoms with Gasteiger partial charge in [0.15, 0.2) is 5.13 Å². The lowest BCUT2D eigenvalue weighted by atomic mass is 10.0. The Morgan fingerprint density at radius 2 is 1.73 bits per heavy atom. The number of benzene rings is 2. The number of hydrogen-bond donors (Lipinski definition) is 2. The number of anilines is 1. The van der Waals surface area contributed by atoms with Gasteiger partial charge in [-0.15, -0.1) is 11.3 Å². The highest BCUT2D eigenvalue weighted by Crippen LogP contribution is 2.34. The number of methoxy groups -OCH3 is 1. The smallest absolute Gasteiger partial charge is 0.257 e. The number of unbranched alkanes of at least 4 members (excludes halogenated alkanes) is 1. The van der Waals surface area contributed by atoms with Gasteiger partial charge in [0.1, 0.15) is 5.75 Å². The van der Waals surface area contributed by atoms with Crippen LogP contribution in [0.1, 0.15) is 78.1 Å². The van der Waals surface area contributed by atoms with Crippen LogP contribution in [0.2, 0.25) is 0 Å². The maximum absolute atomic E-state index is 13.3. The molecule has 0 spiro atoms. The van der Waals surface area contributed by atoms with E-state index < -0.39 is 0 Å². The molecule has 1 saturated carbocycles. The molecule has 10 heteroatoms. The first kappa shape index (κ1) is 31.2. The average molecular weight is 630 g/mol. The third kappa shape index (κ3) is 7.56. The highest BCUT2D eigenvalue weighted by atomic mass is 32.1.